The van der Waals surface area contributed by atoms with Crippen LogP contribution in [0.3, 0.4) is 0 Å². The van der Waals surface area contributed by atoms with E-state index in [1.165, 1.54) is 24.5 Å². The minimum atomic E-state index is -1.14. The van der Waals surface area contributed by atoms with Gasteiger partial charge in [-0.05, 0) is 35.9 Å². The van der Waals surface area contributed by atoms with Gasteiger partial charge in [-0.15, -0.1) is 0 Å². The third-order valence-electron chi connectivity index (χ3n) is 2.56. The maximum atomic E-state index is 13.7. The van der Waals surface area contributed by atoms with Gasteiger partial charge in [-0.25, -0.2) is 4.39 Å². The molecule has 1 N–H and O–H groups in total. The highest BCUT2D eigenvalue weighted by Gasteiger charge is 2.25. The molecule has 2 aromatic rings. The van der Waals surface area contributed by atoms with E-state index in [0.717, 1.165) is 6.07 Å². The average molecular weight is 266 g/mol. The number of hydrogen-bond donors (Lipinski definition) is 1. The van der Waals surface area contributed by atoms with Crippen LogP contribution >= 0.6 is 11.6 Å². The van der Waals surface area contributed by atoms with Crippen molar-refractivity contribution in [1.82, 2.24) is 4.98 Å². The Bertz CT molecular complexity index is 574. The second-order valence-corrected chi connectivity index (χ2v) is 4.15. The summed E-state index contributed by atoms with van der Waals surface area (Å²) in [6, 6.07) is 6.95. The zero-order chi connectivity index (χ0) is 13.1. The van der Waals surface area contributed by atoms with Gasteiger partial charge < -0.3 is 5.11 Å². The average Bonchev–Trinajstić information content (AvgIpc) is 2.35. The van der Waals surface area contributed by atoms with E-state index in [2.05, 4.69) is 4.98 Å². The van der Waals surface area contributed by atoms with Crippen LogP contribution in [0.1, 0.15) is 17.0 Å². The molecule has 5 heteroatoms. The van der Waals surface area contributed by atoms with E-state index in [1.54, 1.807) is 12.1 Å². The van der Waals surface area contributed by atoms with Gasteiger partial charge >= 0.3 is 5.97 Å². The molecular formula is C13H9ClFNO2. The fraction of sp³-hybridized carbons (Fsp3) is 0.0769. The molecule has 0 spiro atoms. The normalized spacial score (nSPS) is 12.1. The van der Waals surface area contributed by atoms with Crippen LogP contribution in [0, 0.1) is 5.82 Å². The molecule has 0 aliphatic heterocycles. The van der Waals surface area contributed by atoms with Crippen LogP contribution in [0.15, 0.2) is 42.7 Å². The van der Waals surface area contributed by atoms with E-state index in [-0.39, 0.29) is 5.56 Å². The fourth-order valence-corrected chi connectivity index (χ4v) is 1.93. The Hall–Kier alpha value is -1.94. The quantitative estimate of drug-likeness (QED) is 0.928. The molecule has 1 atom stereocenters. The number of nitrogens with zero attached hydrogens (tertiary/aromatic N) is 1. The summed E-state index contributed by atoms with van der Waals surface area (Å²) in [5.41, 5.74) is 0.500. The summed E-state index contributed by atoms with van der Waals surface area (Å²) in [5, 5.41) is 9.56. The van der Waals surface area contributed by atoms with Crippen LogP contribution in [0.25, 0.3) is 0 Å². The SMILES string of the molecule is O=C(O)C(c1ccncc1)c1cc(Cl)ccc1F. The van der Waals surface area contributed by atoms with Crippen LogP contribution in [-0.4, -0.2) is 16.1 Å². The molecule has 18 heavy (non-hydrogen) atoms. The topological polar surface area (TPSA) is 50.2 Å². The number of carbonyl (C=O) groups is 1. The van der Waals surface area contributed by atoms with Crippen LogP contribution in [0.4, 0.5) is 4.39 Å². The molecule has 0 amide bonds. The minimum Gasteiger partial charge on any atom is -0.481 e. The smallest absolute Gasteiger partial charge is 0.315 e. The predicted molar refractivity (Wildman–Crippen MR) is 65.1 cm³/mol. The number of rotatable bonds is 3. The fourth-order valence-electron chi connectivity index (χ4n) is 1.75. The van der Waals surface area contributed by atoms with Crippen molar-refractivity contribution in [2.45, 2.75) is 5.92 Å². The number of aromatic nitrogens is 1. The maximum Gasteiger partial charge on any atom is 0.315 e. The van der Waals surface area contributed by atoms with Gasteiger partial charge in [0.1, 0.15) is 11.7 Å². The summed E-state index contributed by atoms with van der Waals surface area (Å²) in [6.45, 7) is 0. The van der Waals surface area contributed by atoms with Gasteiger partial charge in [-0.3, -0.25) is 9.78 Å². The van der Waals surface area contributed by atoms with Gasteiger partial charge in [0, 0.05) is 23.0 Å². The Kier molecular flexibility index (Phi) is 3.58. The molecule has 0 radical (unpaired) electrons. The standard InChI is InChI=1S/C13H9ClFNO2/c14-9-1-2-11(15)10(7-9)12(13(17)18)8-3-5-16-6-4-8/h1-7,12H,(H,17,18). The van der Waals surface area contributed by atoms with Crippen LogP contribution in [0.5, 0.6) is 0 Å². The van der Waals surface area contributed by atoms with Gasteiger partial charge in [0.15, 0.2) is 0 Å². The van der Waals surface area contributed by atoms with E-state index in [1.807, 2.05) is 0 Å². The molecule has 0 bridgehead atoms. The van der Waals surface area contributed by atoms with Crippen molar-refractivity contribution in [1.29, 1.82) is 0 Å². The number of aliphatic carboxylic acids is 1. The second kappa shape index (κ2) is 5.14. The number of hydrogen-bond acceptors (Lipinski definition) is 2. The van der Waals surface area contributed by atoms with Gasteiger partial charge in [0.05, 0.1) is 0 Å². The zero-order valence-electron chi connectivity index (χ0n) is 9.18. The molecule has 1 heterocycles. The first-order valence-electron chi connectivity index (χ1n) is 5.17. The molecule has 0 saturated heterocycles. The monoisotopic (exact) mass is 265 g/mol. The lowest BCUT2D eigenvalue weighted by atomic mass is 9.92. The number of halogens is 2. The van der Waals surface area contributed by atoms with Gasteiger partial charge in [0.2, 0.25) is 0 Å². The van der Waals surface area contributed by atoms with Crippen molar-refractivity contribution < 1.29 is 14.3 Å². The van der Waals surface area contributed by atoms with Crippen molar-refractivity contribution in [2.75, 3.05) is 0 Å². The molecule has 1 aromatic carbocycles. The largest absolute Gasteiger partial charge is 0.481 e. The number of carboxylic acid groups (broad SMARTS) is 1. The molecule has 0 saturated carbocycles. The first-order chi connectivity index (χ1) is 8.59. The summed E-state index contributed by atoms with van der Waals surface area (Å²) in [7, 11) is 0. The van der Waals surface area contributed by atoms with Gasteiger partial charge in [-0.2, -0.15) is 0 Å². The van der Waals surface area contributed by atoms with Gasteiger partial charge in [-0.1, -0.05) is 11.6 Å². The summed E-state index contributed by atoms with van der Waals surface area (Å²) < 4.78 is 13.7. The summed E-state index contributed by atoms with van der Waals surface area (Å²) in [4.78, 5) is 15.1. The molecule has 1 aromatic heterocycles. The van der Waals surface area contributed by atoms with E-state index in [4.69, 9.17) is 11.6 Å². The lowest BCUT2D eigenvalue weighted by molar-refractivity contribution is -0.137. The maximum absolute atomic E-state index is 13.7. The summed E-state index contributed by atoms with van der Waals surface area (Å²) >= 11 is 5.78. The molecule has 1 unspecified atom stereocenters. The number of carboxylic acids is 1. The Morgan fingerprint density at radius 3 is 2.56 bits per heavy atom. The zero-order valence-corrected chi connectivity index (χ0v) is 9.93. The Morgan fingerprint density at radius 1 is 1.28 bits per heavy atom. The highest BCUT2D eigenvalue weighted by Crippen LogP contribution is 2.28. The Morgan fingerprint density at radius 2 is 1.94 bits per heavy atom. The minimum absolute atomic E-state index is 0.0428. The lowest BCUT2D eigenvalue weighted by Gasteiger charge is -2.14. The molecule has 92 valence electrons. The highest BCUT2D eigenvalue weighted by atomic mass is 35.5. The van der Waals surface area contributed by atoms with Crippen molar-refractivity contribution in [2.24, 2.45) is 0 Å². The van der Waals surface area contributed by atoms with Crippen LogP contribution in [0.2, 0.25) is 5.02 Å². The molecule has 0 aliphatic rings. The molecule has 0 aliphatic carbocycles. The van der Waals surface area contributed by atoms with Gasteiger partial charge in [0.25, 0.3) is 0 Å². The van der Waals surface area contributed by atoms with Crippen molar-refractivity contribution in [3.63, 3.8) is 0 Å². The Balaban J connectivity index is 2.55. The molecule has 3 nitrogen and oxygen atoms in total. The van der Waals surface area contributed by atoms with Crippen molar-refractivity contribution >= 4 is 17.6 Å². The Labute approximate surface area is 108 Å². The van der Waals surface area contributed by atoms with Crippen LogP contribution < -0.4 is 0 Å². The lowest BCUT2D eigenvalue weighted by Crippen LogP contribution is -2.14. The molecular weight excluding hydrogens is 257 g/mol. The molecule has 0 fully saturated rings. The van der Waals surface area contributed by atoms with E-state index in [0.29, 0.717) is 10.6 Å². The number of pyridine rings is 1. The van der Waals surface area contributed by atoms with E-state index < -0.39 is 17.7 Å². The first kappa shape index (κ1) is 12.5. The first-order valence-corrected chi connectivity index (χ1v) is 5.55. The third-order valence-corrected chi connectivity index (χ3v) is 2.79. The molecule has 2 rings (SSSR count). The third kappa shape index (κ3) is 2.49. The van der Waals surface area contributed by atoms with Crippen LogP contribution in [-0.2, 0) is 4.79 Å². The number of benzene rings is 1. The second-order valence-electron chi connectivity index (χ2n) is 3.72. The summed E-state index contributed by atoms with van der Waals surface area (Å²) in [5.74, 6) is -2.82. The van der Waals surface area contributed by atoms with Crippen molar-refractivity contribution in [3.8, 4) is 0 Å². The predicted octanol–water partition coefficient (Wildman–Crippen LogP) is 3.09. The van der Waals surface area contributed by atoms with E-state index >= 15 is 0 Å². The highest BCUT2D eigenvalue weighted by molar-refractivity contribution is 6.30. The van der Waals surface area contributed by atoms with Crippen molar-refractivity contribution in [3.05, 3.63) is 64.7 Å². The van der Waals surface area contributed by atoms with E-state index in [9.17, 15) is 14.3 Å². The summed E-state index contributed by atoms with van der Waals surface area (Å²) in [6.07, 6.45) is 2.93.